The molecule has 0 amide bonds. The van der Waals surface area contributed by atoms with Crippen molar-refractivity contribution in [3.8, 4) is 0 Å². The van der Waals surface area contributed by atoms with Crippen LogP contribution in [0.5, 0.6) is 0 Å². The maximum absolute atomic E-state index is 11.5. The van der Waals surface area contributed by atoms with Gasteiger partial charge in [-0.1, -0.05) is 32.6 Å². The number of hydrogen-bond acceptors (Lipinski definition) is 2. The van der Waals surface area contributed by atoms with Crippen molar-refractivity contribution < 1.29 is 4.21 Å². The van der Waals surface area contributed by atoms with Gasteiger partial charge >= 0.3 is 0 Å². The molecule has 0 heterocycles. The molecule has 2 N–H and O–H groups in total. The van der Waals surface area contributed by atoms with Gasteiger partial charge in [0.2, 0.25) is 0 Å². The Bertz CT molecular complexity index is 163. The third kappa shape index (κ3) is 10.2. The maximum Gasteiger partial charge on any atom is 0.0409 e. The highest BCUT2D eigenvalue weighted by atomic mass is 32.2. The largest absolute Gasteiger partial charge is 0.325 e. The van der Waals surface area contributed by atoms with E-state index in [-0.39, 0.29) is 5.54 Å². The first kappa shape index (κ1) is 14.1. The minimum atomic E-state index is -0.720. The van der Waals surface area contributed by atoms with Crippen molar-refractivity contribution >= 4 is 10.8 Å². The summed E-state index contributed by atoms with van der Waals surface area (Å²) < 4.78 is 11.5. The summed E-state index contributed by atoms with van der Waals surface area (Å²) in [6.45, 7) is 6.07. The van der Waals surface area contributed by atoms with Gasteiger partial charge in [-0.3, -0.25) is 4.21 Å². The van der Waals surface area contributed by atoms with Crippen LogP contribution in [-0.4, -0.2) is 21.3 Å². The number of nitrogens with two attached hydrogens (primary N) is 1. The Morgan fingerprint density at radius 1 is 1.14 bits per heavy atom. The summed E-state index contributed by atoms with van der Waals surface area (Å²) in [4.78, 5) is 0. The van der Waals surface area contributed by atoms with Crippen LogP contribution in [0.2, 0.25) is 0 Å². The maximum atomic E-state index is 11.5. The molecule has 0 aliphatic carbocycles. The molecule has 0 aliphatic heterocycles. The Morgan fingerprint density at radius 3 is 2.21 bits per heavy atom. The third-order valence-corrected chi connectivity index (χ3v) is 3.82. The zero-order valence-corrected chi connectivity index (χ0v) is 10.7. The van der Waals surface area contributed by atoms with Crippen LogP contribution in [0.4, 0.5) is 0 Å². The highest BCUT2D eigenvalue weighted by Crippen LogP contribution is 2.06. The molecule has 2 nitrogen and oxygen atoms in total. The Labute approximate surface area is 91.1 Å². The number of unbranched alkanes of at least 4 members (excludes halogenated alkanes) is 4. The molecule has 0 radical (unpaired) electrons. The fourth-order valence-corrected chi connectivity index (χ4v) is 2.85. The molecule has 86 valence electrons. The lowest BCUT2D eigenvalue weighted by Gasteiger charge is -2.17. The second-order valence-corrected chi connectivity index (χ2v) is 6.27. The second-order valence-electron chi connectivity index (χ2n) is 4.69. The lowest BCUT2D eigenvalue weighted by molar-refractivity contribution is 0.575. The fourth-order valence-electron chi connectivity index (χ4n) is 1.35. The van der Waals surface area contributed by atoms with Gasteiger partial charge in [0.15, 0.2) is 0 Å². The molecular weight excluding hydrogens is 194 g/mol. The van der Waals surface area contributed by atoms with Crippen molar-refractivity contribution in [3.63, 3.8) is 0 Å². The predicted octanol–water partition coefficient (Wildman–Crippen LogP) is 2.44. The smallest absolute Gasteiger partial charge is 0.0409 e. The average Bonchev–Trinajstić information content (AvgIpc) is 2.00. The van der Waals surface area contributed by atoms with Gasteiger partial charge in [0, 0.05) is 27.8 Å². The van der Waals surface area contributed by atoms with Crippen LogP contribution in [0.3, 0.4) is 0 Å². The SMILES string of the molecule is CCCCCCCS(=O)CC(C)(C)N. The average molecular weight is 219 g/mol. The summed E-state index contributed by atoms with van der Waals surface area (Å²) in [6.07, 6.45) is 6.14. The van der Waals surface area contributed by atoms with E-state index in [0.29, 0.717) is 5.75 Å². The van der Waals surface area contributed by atoms with Crippen LogP contribution in [0, 0.1) is 0 Å². The minimum absolute atomic E-state index is 0.283. The van der Waals surface area contributed by atoms with E-state index in [0.717, 1.165) is 12.2 Å². The van der Waals surface area contributed by atoms with Gasteiger partial charge in [-0.25, -0.2) is 0 Å². The first-order valence-corrected chi connectivity index (χ1v) is 7.08. The van der Waals surface area contributed by atoms with Crippen molar-refractivity contribution in [2.24, 2.45) is 5.73 Å². The molecule has 3 heteroatoms. The summed E-state index contributed by atoms with van der Waals surface area (Å²) in [5, 5.41) is 0. The van der Waals surface area contributed by atoms with Crippen molar-refractivity contribution in [2.45, 2.75) is 58.4 Å². The molecule has 1 unspecified atom stereocenters. The standard InChI is InChI=1S/C11H25NOS/c1-4-5-6-7-8-9-14(13)10-11(2,3)12/h4-10,12H2,1-3H3. The van der Waals surface area contributed by atoms with Gasteiger partial charge in [-0.05, 0) is 20.3 Å². The molecule has 0 fully saturated rings. The van der Waals surface area contributed by atoms with Crippen LogP contribution >= 0.6 is 0 Å². The molecule has 0 aliphatic rings. The van der Waals surface area contributed by atoms with E-state index in [4.69, 9.17) is 5.73 Å². The van der Waals surface area contributed by atoms with E-state index >= 15 is 0 Å². The van der Waals surface area contributed by atoms with Crippen LogP contribution in [-0.2, 0) is 10.8 Å². The Morgan fingerprint density at radius 2 is 1.71 bits per heavy atom. The molecule has 0 aromatic carbocycles. The molecule has 0 rings (SSSR count). The van der Waals surface area contributed by atoms with E-state index in [1.807, 2.05) is 13.8 Å². The molecule has 0 saturated carbocycles. The van der Waals surface area contributed by atoms with Crippen molar-refractivity contribution in [3.05, 3.63) is 0 Å². The summed E-state index contributed by atoms with van der Waals surface area (Å²) in [6, 6.07) is 0. The van der Waals surface area contributed by atoms with Gasteiger partial charge in [0.1, 0.15) is 0 Å². The first-order valence-electron chi connectivity index (χ1n) is 5.59. The summed E-state index contributed by atoms with van der Waals surface area (Å²) in [5.41, 5.74) is 5.51. The molecular formula is C11H25NOS. The fraction of sp³-hybridized carbons (Fsp3) is 1.00. The van der Waals surface area contributed by atoms with E-state index in [9.17, 15) is 4.21 Å². The van der Waals surface area contributed by atoms with Gasteiger partial charge in [-0.2, -0.15) is 0 Å². The van der Waals surface area contributed by atoms with Gasteiger partial charge in [0.05, 0.1) is 0 Å². The van der Waals surface area contributed by atoms with Gasteiger partial charge < -0.3 is 5.73 Å². The molecule has 0 saturated heterocycles. The highest BCUT2D eigenvalue weighted by Gasteiger charge is 2.14. The quantitative estimate of drug-likeness (QED) is 0.637. The Hall–Kier alpha value is 0.110. The normalized spacial score (nSPS) is 14.3. The van der Waals surface area contributed by atoms with Crippen molar-refractivity contribution in [2.75, 3.05) is 11.5 Å². The molecule has 0 spiro atoms. The number of rotatable bonds is 8. The molecule has 0 aromatic rings. The van der Waals surface area contributed by atoms with Gasteiger partial charge in [-0.15, -0.1) is 0 Å². The first-order chi connectivity index (χ1) is 6.45. The van der Waals surface area contributed by atoms with Crippen molar-refractivity contribution in [1.82, 2.24) is 0 Å². The van der Waals surface area contributed by atoms with Crippen LogP contribution in [0.1, 0.15) is 52.9 Å². The highest BCUT2D eigenvalue weighted by molar-refractivity contribution is 7.85. The summed E-state index contributed by atoms with van der Waals surface area (Å²) >= 11 is 0. The lowest BCUT2D eigenvalue weighted by atomic mass is 10.1. The lowest BCUT2D eigenvalue weighted by Crippen LogP contribution is -2.38. The van der Waals surface area contributed by atoms with E-state index in [1.165, 1.54) is 25.7 Å². The Kier molecular flexibility index (Phi) is 7.47. The monoisotopic (exact) mass is 219 g/mol. The summed E-state index contributed by atoms with van der Waals surface area (Å²) in [7, 11) is -0.720. The van der Waals surface area contributed by atoms with Crippen molar-refractivity contribution in [1.29, 1.82) is 0 Å². The molecule has 0 aromatic heterocycles. The third-order valence-electron chi connectivity index (χ3n) is 2.01. The number of hydrogen-bond donors (Lipinski definition) is 1. The van der Waals surface area contributed by atoms with E-state index in [2.05, 4.69) is 6.92 Å². The molecule has 14 heavy (non-hydrogen) atoms. The predicted molar refractivity (Wildman–Crippen MR) is 64.9 cm³/mol. The van der Waals surface area contributed by atoms with E-state index < -0.39 is 10.8 Å². The topological polar surface area (TPSA) is 43.1 Å². The Balaban J connectivity index is 3.36. The van der Waals surface area contributed by atoms with Gasteiger partial charge in [0.25, 0.3) is 0 Å². The second kappa shape index (κ2) is 7.41. The minimum Gasteiger partial charge on any atom is -0.325 e. The zero-order valence-electron chi connectivity index (χ0n) is 9.84. The zero-order chi connectivity index (χ0) is 11.0. The molecule has 0 bridgehead atoms. The van der Waals surface area contributed by atoms with Crippen LogP contribution < -0.4 is 5.73 Å². The van der Waals surface area contributed by atoms with Crippen LogP contribution in [0.15, 0.2) is 0 Å². The van der Waals surface area contributed by atoms with Crippen LogP contribution in [0.25, 0.3) is 0 Å². The van der Waals surface area contributed by atoms with E-state index in [1.54, 1.807) is 0 Å². The molecule has 1 atom stereocenters. The summed E-state index contributed by atoms with van der Waals surface area (Å²) in [5.74, 6) is 1.45.